The molecule has 0 amide bonds. The van der Waals surface area contributed by atoms with Crippen molar-refractivity contribution in [2.24, 2.45) is 0 Å². The highest BCUT2D eigenvalue weighted by atomic mass is 35.5. The number of benzene rings is 1. The number of aromatic nitrogens is 2. The van der Waals surface area contributed by atoms with Crippen molar-refractivity contribution in [1.82, 2.24) is 14.9 Å². The first kappa shape index (κ1) is 17.8. The highest BCUT2D eigenvalue weighted by Crippen LogP contribution is 2.35. The van der Waals surface area contributed by atoms with Crippen LogP contribution in [0.5, 0.6) is 11.5 Å². The van der Waals surface area contributed by atoms with Crippen molar-refractivity contribution in [2.45, 2.75) is 19.3 Å². The molecule has 1 saturated heterocycles. The van der Waals surface area contributed by atoms with Gasteiger partial charge in [-0.25, -0.2) is 0 Å². The number of hydrogen-bond donors (Lipinski definition) is 1. The molecule has 134 valence electrons. The van der Waals surface area contributed by atoms with Crippen LogP contribution in [0.2, 0.25) is 0 Å². The molecule has 3 aromatic rings. The van der Waals surface area contributed by atoms with Crippen LogP contribution >= 0.6 is 12.4 Å². The van der Waals surface area contributed by atoms with E-state index in [4.69, 9.17) is 9.47 Å². The predicted molar refractivity (Wildman–Crippen MR) is 103 cm³/mol. The smallest absolute Gasteiger partial charge is 0.163 e. The number of halogens is 1. The molecule has 0 spiro atoms. The zero-order chi connectivity index (χ0) is 16.4. The maximum Gasteiger partial charge on any atom is 0.163 e. The number of H-pyrrole nitrogens is 1. The van der Waals surface area contributed by atoms with Crippen molar-refractivity contribution < 1.29 is 9.47 Å². The second-order valence-electron chi connectivity index (χ2n) is 6.35. The van der Waals surface area contributed by atoms with Crippen LogP contribution in [0.3, 0.4) is 0 Å². The standard InChI is InChI=1S/C19H23N3O2.ClH/c1-23-18-11-15-14-5-6-20-13-17(14)21-16(15)12-19(18)24-10-4-9-22-7-2-3-8-22;/h5-6,11-13,21H,2-4,7-10H2,1H3;1H. The van der Waals surface area contributed by atoms with Crippen molar-refractivity contribution >= 4 is 34.2 Å². The summed E-state index contributed by atoms with van der Waals surface area (Å²) in [5.74, 6) is 1.58. The molecule has 0 bridgehead atoms. The Bertz CT molecular complexity index is 843. The second kappa shape index (κ2) is 7.93. The van der Waals surface area contributed by atoms with Crippen molar-refractivity contribution in [2.75, 3.05) is 33.4 Å². The normalized spacial score (nSPS) is 14.8. The van der Waals surface area contributed by atoms with Gasteiger partial charge in [-0.3, -0.25) is 4.98 Å². The number of nitrogens with zero attached hydrogens (tertiary/aromatic N) is 2. The molecule has 1 aliphatic rings. The Morgan fingerprint density at radius 3 is 2.76 bits per heavy atom. The molecule has 0 aliphatic carbocycles. The lowest BCUT2D eigenvalue weighted by molar-refractivity contribution is 0.254. The lowest BCUT2D eigenvalue weighted by Crippen LogP contribution is -2.21. The van der Waals surface area contributed by atoms with E-state index >= 15 is 0 Å². The third-order valence-electron chi connectivity index (χ3n) is 4.76. The van der Waals surface area contributed by atoms with Gasteiger partial charge in [-0.1, -0.05) is 0 Å². The third kappa shape index (κ3) is 3.67. The molecule has 3 heterocycles. The molecule has 1 aliphatic heterocycles. The van der Waals surface area contributed by atoms with Crippen molar-refractivity contribution in [1.29, 1.82) is 0 Å². The molecule has 1 N–H and O–H groups in total. The zero-order valence-corrected chi connectivity index (χ0v) is 15.3. The van der Waals surface area contributed by atoms with E-state index in [0.29, 0.717) is 6.61 Å². The summed E-state index contributed by atoms with van der Waals surface area (Å²) in [6, 6.07) is 6.10. The van der Waals surface area contributed by atoms with Gasteiger partial charge in [-0.15, -0.1) is 12.4 Å². The molecule has 25 heavy (non-hydrogen) atoms. The van der Waals surface area contributed by atoms with Gasteiger partial charge < -0.3 is 19.4 Å². The lowest BCUT2D eigenvalue weighted by Gasteiger charge is -2.15. The Morgan fingerprint density at radius 2 is 1.96 bits per heavy atom. The number of ether oxygens (including phenoxy) is 2. The molecule has 0 unspecified atom stereocenters. The fourth-order valence-electron chi connectivity index (χ4n) is 3.51. The molecule has 0 radical (unpaired) electrons. The highest BCUT2D eigenvalue weighted by Gasteiger charge is 2.13. The number of aromatic amines is 1. The van der Waals surface area contributed by atoms with E-state index in [9.17, 15) is 0 Å². The van der Waals surface area contributed by atoms with Gasteiger partial charge in [0.25, 0.3) is 0 Å². The van der Waals surface area contributed by atoms with E-state index in [1.54, 1.807) is 7.11 Å². The van der Waals surface area contributed by atoms with Crippen LogP contribution in [0.25, 0.3) is 21.8 Å². The SMILES string of the molecule is COc1cc2c(cc1OCCCN1CCCC1)[nH]c1cnccc12.Cl. The van der Waals surface area contributed by atoms with Crippen LogP contribution in [0.4, 0.5) is 0 Å². The van der Waals surface area contributed by atoms with Crippen LogP contribution in [-0.2, 0) is 0 Å². The van der Waals surface area contributed by atoms with Crippen LogP contribution in [0.1, 0.15) is 19.3 Å². The van der Waals surface area contributed by atoms with E-state index < -0.39 is 0 Å². The molecular weight excluding hydrogens is 338 g/mol. The number of pyridine rings is 1. The summed E-state index contributed by atoms with van der Waals surface area (Å²) < 4.78 is 11.5. The summed E-state index contributed by atoms with van der Waals surface area (Å²) in [5, 5.41) is 2.28. The third-order valence-corrected chi connectivity index (χ3v) is 4.76. The Labute approximate surface area is 153 Å². The number of rotatable bonds is 6. The van der Waals surface area contributed by atoms with Crippen molar-refractivity contribution in [3.8, 4) is 11.5 Å². The topological polar surface area (TPSA) is 50.4 Å². The zero-order valence-electron chi connectivity index (χ0n) is 14.5. The van der Waals surface area contributed by atoms with Gasteiger partial charge in [0, 0.05) is 29.6 Å². The van der Waals surface area contributed by atoms with E-state index in [2.05, 4.69) is 14.9 Å². The lowest BCUT2D eigenvalue weighted by atomic mass is 10.1. The molecule has 0 saturated carbocycles. The van der Waals surface area contributed by atoms with Gasteiger partial charge in [-0.2, -0.15) is 0 Å². The van der Waals surface area contributed by atoms with Crippen molar-refractivity contribution in [3.63, 3.8) is 0 Å². The van der Waals surface area contributed by atoms with Gasteiger partial charge in [-0.05, 0) is 44.5 Å². The molecule has 4 rings (SSSR count). The monoisotopic (exact) mass is 361 g/mol. The summed E-state index contributed by atoms with van der Waals surface area (Å²) in [7, 11) is 1.69. The van der Waals surface area contributed by atoms with Gasteiger partial charge in [0.2, 0.25) is 0 Å². The van der Waals surface area contributed by atoms with E-state index in [1.165, 1.54) is 25.9 Å². The minimum absolute atomic E-state index is 0. The number of likely N-dealkylation sites (tertiary alicyclic amines) is 1. The van der Waals surface area contributed by atoms with E-state index in [-0.39, 0.29) is 12.4 Å². The van der Waals surface area contributed by atoms with E-state index in [0.717, 1.165) is 46.3 Å². The Kier molecular flexibility index (Phi) is 5.66. The van der Waals surface area contributed by atoms with E-state index in [1.807, 2.05) is 30.6 Å². The van der Waals surface area contributed by atoms with Gasteiger partial charge >= 0.3 is 0 Å². The summed E-state index contributed by atoms with van der Waals surface area (Å²) in [6.45, 7) is 4.29. The summed E-state index contributed by atoms with van der Waals surface area (Å²) in [6.07, 6.45) is 7.36. The highest BCUT2D eigenvalue weighted by molar-refractivity contribution is 6.07. The molecule has 0 atom stereocenters. The maximum atomic E-state index is 6.00. The van der Waals surface area contributed by atoms with Gasteiger partial charge in [0.15, 0.2) is 11.5 Å². The first-order valence-electron chi connectivity index (χ1n) is 8.64. The first-order chi connectivity index (χ1) is 11.8. The molecule has 5 nitrogen and oxygen atoms in total. The maximum absolute atomic E-state index is 6.00. The predicted octanol–water partition coefficient (Wildman–Crippen LogP) is 4.01. The Balaban J connectivity index is 0.00000182. The number of methoxy groups -OCH3 is 1. The van der Waals surface area contributed by atoms with Crippen LogP contribution in [-0.4, -0.2) is 48.2 Å². The van der Waals surface area contributed by atoms with Gasteiger partial charge in [0.05, 0.1) is 30.9 Å². The number of hydrogen-bond acceptors (Lipinski definition) is 4. The Hall–Kier alpha value is -1.98. The van der Waals surface area contributed by atoms with Crippen molar-refractivity contribution in [3.05, 3.63) is 30.6 Å². The molecular formula is C19H24ClN3O2. The minimum Gasteiger partial charge on any atom is -0.493 e. The first-order valence-corrected chi connectivity index (χ1v) is 8.64. The summed E-state index contributed by atoms with van der Waals surface area (Å²) in [4.78, 5) is 10.1. The summed E-state index contributed by atoms with van der Waals surface area (Å²) in [5.41, 5.74) is 2.08. The molecule has 1 fully saturated rings. The number of fused-ring (bicyclic) bond motifs is 3. The molecule has 1 aromatic carbocycles. The average molecular weight is 362 g/mol. The number of nitrogens with one attached hydrogen (secondary N) is 1. The minimum atomic E-state index is 0. The van der Waals surface area contributed by atoms with Crippen LogP contribution < -0.4 is 9.47 Å². The molecule has 6 heteroatoms. The fourth-order valence-corrected chi connectivity index (χ4v) is 3.51. The van der Waals surface area contributed by atoms with Crippen LogP contribution in [0, 0.1) is 0 Å². The largest absolute Gasteiger partial charge is 0.493 e. The molecule has 2 aromatic heterocycles. The van der Waals surface area contributed by atoms with Gasteiger partial charge in [0.1, 0.15) is 0 Å². The second-order valence-corrected chi connectivity index (χ2v) is 6.35. The average Bonchev–Trinajstić information content (AvgIpc) is 3.25. The summed E-state index contributed by atoms with van der Waals surface area (Å²) >= 11 is 0. The fraction of sp³-hybridized carbons (Fsp3) is 0.421. The quantitative estimate of drug-likeness (QED) is 0.674. The van der Waals surface area contributed by atoms with Crippen LogP contribution in [0.15, 0.2) is 30.6 Å². The Morgan fingerprint density at radius 1 is 1.12 bits per heavy atom.